The number of alkyl halides is 2. The molecule has 1 N–H and O–H groups in total. The number of aromatic hydroxyl groups is 1. The second-order valence-corrected chi connectivity index (χ2v) is 4.68. The highest BCUT2D eigenvalue weighted by atomic mass is 32.2. The molecule has 2 aromatic rings. The number of rotatable bonds is 1. The first-order valence-corrected chi connectivity index (χ1v) is 5.08. The van der Waals surface area contributed by atoms with Crippen molar-refractivity contribution >= 4 is 34.1 Å². The average Bonchev–Trinajstić information content (AvgIpc) is 2.42. The van der Waals surface area contributed by atoms with Crippen LogP contribution in [-0.4, -0.2) is 5.11 Å². The van der Waals surface area contributed by atoms with Crippen molar-refractivity contribution in [1.82, 2.24) is 0 Å². The summed E-state index contributed by atoms with van der Waals surface area (Å²) in [6, 6.07) is 4.21. The summed E-state index contributed by atoms with van der Waals surface area (Å²) in [6.07, 6.45) is -2.57. The lowest BCUT2D eigenvalue weighted by Gasteiger charge is -2.01. The number of hydrogen-bond acceptors (Lipinski definition) is 3. The lowest BCUT2D eigenvalue weighted by Crippen LogP contribution is -1.83. The summed E-state index contributed by atoms with van der Waals surface area (Å²) in [7, 11) is 0. The van der Waals surface area contributed by atoms with E-state index in [1.54, 1.807) is 6.07 Å². The molecular formula is C9H6F2OS2. The molecule has 0 saturated carbocycles. The van der Waals surface area contributed by atoms with Crippen LogP contribution in [-0.2, 0) is 0 Å². The van der Waals surface area contributed by atoms with Gasteiger partial charge >= 0.3 is 0 Å². The average molecular weight is 232 g/mol. The van der Waals surface area contributed by atoms with Gasteiger partial charge in [-0.15, -0.1) is 24.0 Å². The summed E-state index contributed by atoms with van der Waals surface area (Å²) < 4.78 is 26.3. The van der Waals surface area contributed by atoms with Crippen LogP contribution in [0.15, 0.2) is 22.4 Å². The van der Waals surface area contributed by atoms with E-state index >= 15 is 0 Å². The van der Waals surface area contributed by atoms with Crippen molar-refractivity contribution < 1.29 is 13.9 Å². The van der Waals surface area contributed by atoms with E-state index in [0.29, 0.717) is 14.3 Å². The van der Waals surface area contributed by atoms with E-state index < -0.39 is 6.43 Å². The van der Waals surface area contributed by atoms with E-state index in [4.69, 9.17) is 0 Å². The molecular weight excluding hydrogens is 226 g/mol. The van der Waals surface area contributed by atoms with Gasteiger partial charge in [0.25, 0.3) is 6.43 Å². The number of phenols is 1. The van der Waals surface area contributed by atoms with Gasteiger partial charge in [0, 0.05) is 10.3 Å². The van der Waals surface area contributed by atoms with Crippen LogP contribution in [0.5, 0.6) is 5.75 Å². The molecule has 14 heavy (non-hydrogen) atoms. The van der Waals surface area contributed by atoms with E-state index in [1.807, 2.05) is 0 Å². The molecule has 0 bridgehead atoms. The maximum atomic E-state index is 12.6. The maximum absolute atomic E-state index is 12.6. The SMILES string of the molecule is Oc1cc(C(F)F)c2sc(S)cc2c1. The molecule has 0 unspecified atom stereocenters. The van der Waals surface area contributed by atoms with Gasteiger partial charge in [-0.05, 0) is 23.6 Å². The van der Waals surface area contributed by atoms with Crippen molar-refractivity contribution in [2.45, 2.75) is 10.6 Å². The highest BCUT2D eigenvalue weighted by Gasteiger charge is 2.14. The zero-order valence-corrected chi connectivity index (χ0v) is 8.58. The molecule has 1 heterocycles. The zero-order chi connectivity index (χ0) is 10.3. The van der Waals surface area contributed by atoms with Crippen LogP contribution < -0.4 is 0 Å². The molecule has 0 aliphatic carbocycles. The van der Waals surface area contributed by atoms with Crippen molar-refractivity contribution in [1.29, 1.82) is 0 Å². The summed E-state index contributed by atoms with van der Waals surface area (Å²) in [5, 5.41) is 9.82. The highest BCUT2D eigenvalue weighted by Crippen LogP contribution is 2.37. The molecule has 0 fully saturated rings. The fourth-order valence-electron chi connectivity index (χ4n) is 1.31. The molecule has 0 amide bonds. The monoisotopic (exact) mass is 232 g/mol. The van der Waals surface area contributed by atoms with Crippen LogP contribution in [0.2, 0.25) is 0 Å². The summed E-state index contributed by atoms with van der Waals surface area (Å²) in [5.41, 5.74) is -0.134. The molecule has 0 spiro atoms. The Morgan fingerprint density at radius 3 is 2.64 bits per heavy atom. The van der Waals surface area contributed by atoms with Gasteiger partial charge in [0.1, 0.15) is 5.75 Å². The largest absolute Gasteiger partial charge is 0.508 e. The lowest BCUT2D eigenvalue weighted by molar-refractivity contribution is 0.153. The van der Waals surface area contributed by atoms with Crippen molar-refractivity contribution in [2.24, 2.45) is 0 Å². The highest BCUT2D eigenvalue weighted by molar-refractivity contribution is 7.83. The number of halogens is 2. The first-order chi connectivity index (χ1) is 6.58. The summed E-state index contributed by atoms with van der Waals surface area (Å²) in [6.45, 7) is 0. The molecule has 0 aliphatic rings. The quantitative estimate of drug-likeness (QED) is 0.716. The Morgan fingerprint density at radius 1 is 1.29 bits per heavy atom. The van der Waals surface area contributed by atoms with Gasteiger partial charge in [-0.1, -0.05) is 0 Å². The standard InChI is InChI=1S/C9H6F2OS2/c10-9(11)6-3-5(12)1-4-2-7(13)14-8(4)6/h1-3,9,12-13H. The van der Waals surface area contributed by atoms with Crippen LogP contribution in [0.1, 0.15) is 12.0 Å². The topological polar surface area (TPSA) is 20.2 Å². The minimum Gasteiger partial charge on any atom is -0.508 e. The van der Waals surface area contributed by atoms with Crippen molar-refractivity contribution in [3.63, 3.8) is 0 Å². The van der Waals surface area contributed by atoms with Gasteiger partial charge in [-0.2, -0.15) is 0 Å². The molecule has 2 rings (SSSR count). The van der Waals surface area contributed by atoms with Gasteiger partial charge < -0.3 is 5.11 Å². The lowest BCUT2D eigenvalue weighted by atomic mass is 10.1. The molecule has 0 radical (unpaired) electrons. The van der Waals surface area contributed by atoms with E-state index in [-0.39, 0.29) is 11.3 Å². The molecule has 0 saturated heterocycles. The van der Waals surface area contributed by atoms with Crippen molar-refractivity contribution in [3.8, 4) is 5.75 Å². The number of hydrogen-bond donors (Lipinski definition) is 2. The van der Waals surface area contributed by atoms with Crippen LogP contribution in [0.4, 0.5) is 8.78 Å². The third-order valence-electron chi connectivity index (χ3n) is 1.85. The molecule has 74 valence electrons. The summed E-state index contributed by atoms with van der Waals surface area (Å²) in [4.78, 5) is 0. The van der Waals surface area contributed by atoms with Gasteiger partial charge in [0.15, 0.2) is 0 Å². The van der Waals surface area contributed by atoms with E-state index in [1.165, 1.54) is 17.4 Å². The number of phenolic OH excluding ortho intramolecular Hbond substituents is 1. The van der Waals surface area contributed by atoms with E-state index in [0.717, 1.165) is 6.07 Å². The Labute approximate surface area is 88.4 Å². The Hall–Kier alpha value is -0.810. The Morgan fingerprint density at radius 2 is 2.00 bits per heavy atom. The third-order valence-corrected chi connectivity index (χ3v) is 3.26. The smallest absolute Gasteiger partial charge is 0.265 e. The summed E-state index contributed by atoms with van der Waals surface area (Å²) >= 11 is 5.27. The third kappa shape index (κ3) is 1.57. The second-order valence-electron chi connectivity index (χ2n) is 2.84. The fraction of sp³-hybridized carbons (Fsp3) is 0.111. The van der Waals surface area contributed by atoms with Gasteiger partial charge in [0.2, 0.25) is 0 Å². The molecule has 1 aromatic heterocycles. The van der Waals surface area contributed by atoms with Gasteiger partial charge in [-0.25, -0.2) is 8.78 Å². The minimum absolute atomic E-state index is 0.134. The van der Waals surface area contributed by atoms with Crippen molar-refractivity contribution in [3.05, 3.63) is 23.8 Å². The van der Waals surface area contributed by atoms with E-state index in [2.05, 4.69) is 12.6 Å². The van der Waals surface area contributed by atoms with E-state index in [9.17, 15) is 13.9 Å². The molecule has 1 nitrogen and oxygen atoms in total. The zero-order valence-electron chi connectivity index (χ0n) is 6.87. The molecule has 5 heteroatoms. The number of benzene rings is 1. The number of thiol groups is 1. The normalized spacial score (nSPS) is 11.4. The van der Waals surface area contributed by atoms with Gasteiger partial charge in [-0.3, -0.25) is 0 Å². The van der Waals surface area contributed by atoms with Crippen LogP contribution in [0, 0.1) is 0 Å². The first kappa shape index (κ1) is 9.73. The van der Waals surface area contributed by atoms with Gasteiger partial charge in [0.05, 0.1) is 4.21 Å². The van der Waals surface area contributed by atoms with Crippen LogP contribution in [0.25, 0.3) is 10.1 Å². The summed E-state index contributed by atoms with van der Waals surface area (Å²) in [5.74, 6) is -0.140. The first-order valence-electron chi connectivity index (χ1n) is 3.81. The van der Waals surface area contributed by atoms with Crippen LogP contribution >= 0.6 is 24.0 Å². The minimum atomic E-state index is -2.57. The fourth-order valence-corrected chi connectivity index (χ4v) is 2.62. The Balaban J connectivity index is 2.79. The van der Waals surface area contributed by atoms with Crippen molar-refractivity contribution in [2.75, 3.05) is 0 Å². The molecule has 0 aliphatic heterocycles. The maximum Gasteiger partial charge on any atom is 0.265 e. The molecule has 1 aromatic carbocycles. The number of fused-ring (bicyclic) bond motifs is 1. The Kier molecular flexibility index (Phi) is 2.36. The predicted octanol–water partition coefficient (Wildman–Crippen LogP) is 3.83. The second kappa shape index (κ2) is 3.40. The van der Waals surface area contributed by atoms with Crippen LogP contribution in [0.3, 0.4) is 0 Å². The predicted molar refractivity (Wildman–Crippen MR) is 55.7 cm³/mol. The molecule has 0 atom stereocenters. The number of thiophene rings is 1. The Bertz CT molecular complexity index is 479.